The summed E-state index contributed by atoms with van der Waals surface area (Å²) < 4.78 is 5.53. The Bertz CT molecular complexity index is 1240. The summed E-state index contributed by atoms with van der Waals surface area (Å²) in [6, 6.07) is 11.8. The second kappa shape index (κ2) is 11.2. The van der Waals surface area contributed by atoms with Crippen LogP contribution in [0.15, 0.2) is 48.8 Å². The van der Waals surface area contributed by atoms with Crippen molar-refractivity contribution in [3.63, 3.8) is 0 Å². The number of carbonyl (C=O) groups excluding carboxylic acids is 2. The molecule has 0 bridgehead atoms. The van der Waals surface area contributed by atoms with Gasteiger partial charge in [-0.2, -0.15) is 0 Å². The molecule has 196 valence electrons. The Morgan fingerprint density at radius 3 is 2.38 bits per heavy atom. The lowest BCUT2D eigenvalue weighted by Gasteiger charge is -2.34. The lowest BCUT2D eigenvalue weighted by molar-refractivity contribution is 0.0210. The van der Waals surface area contributed by atoms with Gasteiger partial charge in [0.1, 0.15) is 5.60 Å². The highest BCUT2D eigenvalue weighted by Gasteiger charge is 2.27. The first-order valence-electron chi connectivity index (χ1n) is 13.1. The quantitative estimate of drug-likeness (QED) is 0.472. The summed E-state index contributed by atoms with van der Waals surface area (Å²) >= 11 is 0. The van der Waals surface area contributed by atoms with Crippen molar-refractivity contribution < 1.29 is 14.3 Å². The molecule has 8 nitrogen and oxygen atoms in total. The van der Waals surface area contributed by atoms with Gasteiger partial charge >= 0.3 is 6.09 Å². The topological polar surface area (TPSA) is 87.7 Å². The Balaban J connectivity index is 1.52. The molecule has 1 aliphatic rings. The molecule has 0 unspecified atom stereocenters. The van der Waals surface area contributed by atoms with Crippen LogP contribution in [0.3, 0.4) is 0 Å². The van der Waals surface area contributed by atoms with E-state index in [0.29, 0.717) is 31.7 Å². The molecule has 1 saturated heterocycles. The van der Waals surface area contributed by atoms with Gasteiger partial charge in [0.25, 0.3) is 5.91 Å². The Hall–Kier alpha value is -3.68. The van der Waals surface area contributed by atoms with E-state index in [0.717, 1.165) is 40.7 Å². The zero-order valence-corrected chi connectivity index (χ0v) is 22.5. The number of nitrogens with zero attached hydrogens (tertiary/aromatic N) is 4. The van der Waals surface area contributed by atoms with Crippen molar-refractivity contribution in [3.8, 4) is 11.3 Å². The van der Waals surface area contributed by atoms with Gasteiger partial charge in [-0.25, -0.2) is 9.78 Å². The smallest absolute Gasteiger partial charge is 0.410 e. The molecule has 8 heteroatoms. The second-order valence-corrected chi connectivity index (χ2v) is 10.4. The van der Waals surface area contributed by atoms with Crippen LogP contribution in [0.2, 0.25) is 0 Å². The maximum absolute atomic E-state index is 12.7. The van der Waals surface area contributed by atoms with E-state index in [1.54, 1.807) is 11.1 Å². The monoisotopic (exact) mass is 503 g/mol. The second-order valence-electron chi connectivity index (χ2n) is 10.4. The Morgan fingerprint density at radius 1 is 1.08 bits per heavy atom. The van der Waals surface area contributed by atoms with Gasteiger partial charge in [0, 0.05) is 66.8 Å². The van der Waals surface area contributed by atoms with Gasteiger partial charge in [0.2, 0.25) is 0 Å². The van der Waals surface area contributed by atoms with E-state index in [-0.39, 0.29) is 18.0 Å². The molecule has 1 aromatic carbocycles. The van der Waals surface area contributed by atoms with Gasteiger partial charge < -0.3 is 19.9 Å². The first-order chi connectivity index (χ1) is 17.7. The molecule has 0 saturated carbocycles. The predicted octanol–water partition coefficient (Wildman–Crippen LogP) is 5.59. The fourth-order valence-electron chi connectivity index (χ4n) is 4.57. The molecule has 2 aromatic heterocycles. The van der Waals surface area contributed by atoms with Gasteiger partial charge in [-0.05, 0) is 71.7 Å². The van der Waals surface area contributed by atoms with E-state index in [4.69, 9.17) is 9.72 Å². The van der Waals surface area contributed by atoms with E-state index in [1.807, 2.05) is 82.1 Å². The Morgan fingerprint density at radius 2 is 1.76 bits per heavy atom. The Kier molecular flexibility index (Phi) is 7.95. The molecule has 1 fully saturated rings. The number of ether oxygens (including phenoxy) is 1. The molecule has 3 aromatic rings. The van der Waals surface area contributed by atoms with E-state index < -0.39 is 5.60 Å². The molecule has 0 radical (unpaired) electrons. The third-order valence-corrected chi connectivity index (χ3v) is 6.59. The first-order valence-corrected chi connectivity index (χ1v) is 13.1. The number of carbonyl (C=O) groups is 2. The van der Waals surface area contributed by atoms with Gasteiger partial charge in [-0.1, -0.05) is 12.1 Å². The molecule has 0 atom stereocenters. The Labute approximate surface area is 219 Å². The number of nitrogens with one attached hydrogen (secondary N) is 1. The van der Waals surface area contributed by atoms with Gasteiger partial charge in [0.05, 0.1) is 11.2 Å². The normalized spacial score (nSPS) is 14.5. The van der Waals surface area contributed by atoms with Crippen molar-refractivity contribution in [3.05, 3.63) is 54.4 Å². The molecule has 0 spiro atoms. The maximum atomic E-state index is 12.7. The number of anilines is 1. The molecule has 0 aliphatic carbocycles. The SMILES string of the molecule is CCN(CC)C(=O)c1ccc(-c2cc(NC3CCN(C(=O)OC(C)(C)C)CC3)c3cnccc3n2)cc1. The van der Waals surface area contributed by atoms with E-state index in [1.165, 1.54) is 0 Å². The van der Waals surface area contributed by atoms with Crippen molar-refractivity contribution in [2.75, 3.05) is 31.5 Å². The molecular weight excluding hydrogens is 466 g/mol. The molecule has 3 heterocycles. The highest BCUT2D eigenvalue weighted by atomic mass is 16.6. The molecule has 37 heavy (non-hydrogen) atoms. The van der Waals surface area contributed by atoms with Crippen LogP contribution in [0.25, 0.3) is 22.2 Å². The molecule has 1 N–H and O–H groups in total. The number of hydrogen-bond acceptors (Lipinski definition) is 6. The fourth-order valence-corrected chi connectivity index (χ4v) is 4.57. The number of pyridine rings is 2. The van der Waals surface area contributed by atoms with Crippen molar-refractivity contribution in [1.82, 2.24) is 19.8 Å². The van der Waals surface area contributed by atoms with Crippen molar-refractivity contribution >= 4 is 28.6 Å². The van der Waals surface area contributed by atoms with Crippen LogP contribution in [-0.4, -0.2) is 69.6 Å². The van der Waals surface area contributed by atoms with Gasteiger partial charge in [-0.3, -0.25) is 9.78 Å². The predicted molar refractivity (Wildman–Crippen MR) is 147 cm³/mol. The van der Waals surface area contributed by atoms with Crippen LogP contribution in [0.4, 0.5) is 10.5 Å². The van der Waals surface area contributed by atoms with Crippen LogP contribution in [0.1, 0.15) is 57.8 Å². The van der Waals surface area contributed by atoms with Crippen molar-refractivity contribution in [2.45, 2.75) is 59.1 Å². The minimum atomic E-state index is -0.498. The van der Waals surface area contributed by atoms with Crippen LogP contribution in [-0.2, 0) is 4.74 Å². The molecule has 1 aliphatic heterocycles. The van der Waals surface area contributed by atoms with E-state index in [2.05, 4.69) is 10.3 Å². The number of piperidine rings is 1. The zero-order valence-electron chi connectivity index (χ0n) is 22.5. The third kappa shape index (κ3) is 6.37. The van der Waals surface area contributed by atoms with Crippen molar-refractivity contribution in [1.29, 1.82) is 0 Å². The first kappa shape index (κ1) is 26.4. The van der Waals surface area contributed by atoms with E-state index in [9.17, 15) is 9.59 Å². The minimum Gasteiger partial charge on any atom is -0.444 e. The number of hydrogen-bond donors (Lipinski definition) is 1. The number of rotatable bonds is 6. The summed E-state index contributed by atoms with van der Waals surface area (Å²) in [4.78, 5) is 37.9. The summed E-state index contributed by atoms with van der Waals surface area (Å²) in [5.74, 6) is 0.0363. The average Bonchev–Trinajstić information content (AvgIpc) is 2.89. The van der Waals surface area contributed by atoms with Crippen LogP contribution < -0.4 is 5.32 Å². The van der Waals surface area contributed by atoms with Crippen LogP contribution in [0.5, 0.6) is 0 Å². The lowest BCUT2D eigenvalue weighted by atomic mass is 10.0. The number of amides is 2. The fraction of sp³-hybridized carbons (Fsp3) is 0.448. The highest BCUT2D eigenvalue weighted by Crippen LogP contribution is 2.30. The summed E-state index contributed by atoms with van der Waals surface area (Å²) in [7, 11) is 0. The maximum Gasteiger partial charge on any atom is 0.410 e. The summed E-state index contributed by atoms with van der Waals surface area (Å²) in [6.45, 7) is 12.3. The number of aromatic nitrogens is 2. The standard InChI is InChI=1S/C29H37N5O3/c1-6-33(7-2)27(35)21-10-8-20(9-11-21)25-18-26(23-19-30-15-12-24(23)32-25)31-22-13-16-34(17-14-22)28(36)37-29(3,4)5/h8-12,15,18-19,22H,6-7,13-14,16-17H2,1-5H3,(H,31,32). The molecule has 2 amide bonds. The number of likely N-dealkylation sites (tertiary alicyclic amines) is 1. The van der Waals surface area contributed by atoms with Crippen molar-refractivity contribution in [2.24, 2.45) is 0 Å². The van der Waals surface area contributed by atoms with E-state index >= 15 is 0 Å². The van der Waals surface area contributed by atoms with Crippen LogP contribution >= 0.6 is 0 Å². The van der Waals surface area contributed by atoms with Gasteiger partial charge in [0.15, 0.2) is 0 Å². The highest BCUT2D eigenvalue weighted by molar-refractivity contribution is 5.95. The summed E-state index contributed by atoms with van der Waals surface area (Å²) in [5.41, 5.74) is 3.76. The van der Waals surface area contributed by atoms with Crippen LogP contribution in [0, 0.1) is 0 Å². The number of fused-ring (bicyclic) bond motifs is 1. The lowest BCUT2D eigenvalue weighted by Crippen LogP contribution is -2.44. The molecule has 4 rings (SSSR count). The zero-order chi connectivity index (χ0) is 26.6. The molecular formula is C29H37N5O3. The minimum absolute atomic E-state index is 0.0363. The number of benzene rings is 1. The summed E-state index contributed by atoms with van der Waals surface area (Å²) in [5, 5.41) is 4.63. The summed E-state index contributed by atoms with van der Waals surface area (Å²) in [6.07, 6.45) is 4.96. The largest absolute Gasteiger partial charge is 0.444 e. The average molecular weight is 504 g/mol. The third-order valence-electron chi connectivity index (χ3n) is 6.59. The van der Waals surface area contributed by atoms with Gasteiger partial charge in [-0.15, -0.1) is 0 Å².